The molecule has 0 radical (unpaired) electrons. The molecule has 8 nitrogen and oxygen atoms in total. The number of nitrogens with one attached hydrogen (secondary N) is 1. The van der Waals surface area contributed by atoms with Crippen molar-refractivity contribution in [3.63, 3.8) is 0 Å². The summed E-state index contributed by atoms with van der Waals surface area (Å²) in [6.07, 6.45) is -4.68. The van der Waals surface area contributed by atoms with Gasteiger partial charge in [-0.2, -0.15) is 17.7 Å². The number of alkyl halides is 3. The molecule has 0 spiro atoms. The van der Waals surface area contributed by atoms with E-state index in [1.54, 1.807) is 39.1 Å². The number of rotatable bonds is 2. The quantitative estimate of drug-likeness (QED) is 0.722. The van der Waals surface area contributed by atoms with Crippen LogP contribution in [0.5, 0.6) is 5.75 Å². The molecule has 146 valence electrons. The van der Waals surface area contributed by atoms with Crippen LogP contribution in [0.2, 0.25) is 0 Å². The van der Waals surface area contributed by atoms with Crippen LogP contribution in [0.3, 0.4) is 0 Å². The van der Waals surface area contributed by atoms with Crippen LogP contribution in [0.25, 0.3) is 5.65 Å². The Kier molecular flexibility index (Phi) is 3.91. The number of benzene rings is 1. The zero-order chi connectivity index (χ0) is 20.2. The SMILES string of the molecule is Cc1c(Nc2ccc3c(c2)N(C)C(=O)CO3)nn2c(C(F)(F)F)nnc2c1C. The molecule has 1 N–H and O–H groups in total. The van der Waals surface area contributed by atoms with Gasteiger partial charge in [-0.05, 0) is 32.0 Å². The minimum absolute atomic E-state index is 0.0410. The van der Waals surface area contributed by atoms with Crippen molar-refractivity contribution in [2.75, 3.05) is 23.9 Å². The molecule has 0 atom stereocenters. The fourth-order valence-electron chi connectivity index (χ4n) is 2.91. The lowest BCUT2D eigenvalue weighted by molar-refractivity contribution is -0.146. The van der Waals surface area contributed by atoms with E-state index in [1.807, 2.05) is 0 Å². The molecule has 0 aliphatic carbocycles. The van der Waals surface area contributed by atoms with E-state index in [1.165, 1.54) is 4.90 Å². The lowest BCUT2D eigenvalue weighted by Crippen LogP contribution is -2.35. The number of nitrogens with zero attached hydrogens (tertiary/aromatic N) is 5. The van der Waals surface area contributed by atoms with E-state index in [0.29, 0.717) is 32.8 Å². The Labute approximate surface area is 156 Å². The number of halogens is 3. The predicted octanol–water partition coefficient (Wildman–Crippen LogP) is 2.86. The van der Waals surface area contributed by atoms with Crippen LogP contribution >= 0.6 is 0 Å². The molecule has 0 saturated carbocycles. The van der Waals surface area contributed by atoms with Gasteiger partial charge in [0.05, 0.1) is 5.69 Å². The van der Waals surface area contributed by atoms with Crippen molar-refractivity contribution in [3.05, 3.63) is 35.2 Å². The molecular weight excluding hydrogens is 377 g/mol. The first-order valence-corrected chi connectivity index (χ1v) is 8.27. The van der Waals surface area contributed by atoms with Crippen molar-refractivity contribution in [1.82, 2.24) is 19.8 Å². The van der Waals surface area contributed by atoms with Gasteiger partial charge in [-0.15, -0.1) is 15.3 Å². The number of anilines is 3. The lowest BCUT2D eigenvalue weighted by Gasteiger charge is -2.26. The number of hydrogen-bond donors (Lipinski definition) is 1. The highest BCUT2D eigenvalue weighted by Gasteiger charge is 2.38. The highest BCUT2D eigenvalue weighted by molar-refractivity contribution is 5.98. The highest BCUT2D eigenvalue weighted by Crippen LogP contribution is 2.35. The smallest absolute Gasteiger partial charge is 0.453 e. The molecule has 1 aromatic carbocycles. The van der Waals surface area contributed by atoms with Crippen LogP contribution in [0.15, 0.2) is 18.2 Å². The summed E-state index contributed by atoms with van der Waals surface area (Å²) in [5, 5.41) is 13.9. The molecule has 4 rings (SSSR count). The summed E-state index contributed by atoms with van der Waals surface area (Å²) in [7, 11) is 1.62. The third kappa shape index (κ3) is 2.79. The van der Waals surface area contributed by atoms with E-state index in [-0.39, 0.29) is 24.0 Å². The van der Waals surface area contributed by atoms with Gasteiger partial charge in [0.1, 0.15) is 5.75 Å². The molecule has 1 aliphatic rings. The molecule has 3 aromatic rings. The summed E-state index contributed by atoms with van der Waals surface area (Å²) >= 11 is 0. The Morgan fingerprint density at radius 1 is 1.18 bits per heavy atom. The largest absolute Gasteiger partial charge is 0.482 e. The van der Waals surface area contributed by atoms with Crippen LogP contribution in [0.1, 0.15) is 17.0 Å². The van der Waals surface area contributed by atoms with Crippen molar-refractivity contribution in [2.45, 2.75) is 20.0 Å². The number of ether oxygens (including phenoxy) is 1. The predicted molar refractivity (Wildman–Crippen MR) is 93.9 cm³/mol. The fraction of sp³-hybridized carbons (Fsp3) is 0.294. The maximum absolute atomic E-state index is 13.2. The standard InChI is InChI=1S/C17H15F3N6O2/c1-8-9(2)15-22-23-16(17(18,19)20)26(15)24-14(8)21-10-4-5-12-11(6-10)25(3)13(27)7-28-12/h4-6H,7H2,1-3H3,(H,21,24). The highest BCUT2D eigenvalue weighted by atomic mass is 19.4. The number of carbonyl (C=O) groups is 1. The van der Waals surface area contributed by atoms with Crippen LogP contribution < -0.4 is 15.0 Å². The van der Waals surface area contributed by atoms with Crippen molar-refractivity contribution in [2.24, 2.45) is 0 Å². The Hall–Kier alpha value is -3.37. The van der Waals surface area contributed by atoms with Crippen LogP contribution in [-0.4, -0.2) is 39.4 Å². The normalized spacial score (nSPS) is 14.2. The number of aromatic nitrogens is 4. The van der Waals surface area contributed by atoms with Gasteiger partial charge in [0.15, 0.2) is 18.1 Å². The van der Waals surface area contributed by atoms with Crippen LogP contribution in [0.4, 0.5) is 30.4 Å². The van der Waals surface area contributed by atoms with Crippen molar-refractivity contribution in [1.29, 1.82) is 0 Å². The number of hydrogen-bond acceptors (Lipinski definition) is 6. The van der Waals surface area contributed by atoms with E-state index >= 15 is 0 Å². The van der Waals surface area contributed by atoms with Gasteiger partial charge in [-0.25, -0.2) is 0 Å². The van der Waals surface area contributed by atoms with Crippen LogP contribution in [-0.2, 0) is 11.0 Å². The molecule has 0 bridgehead atoms. The van der Waals surface area contributed by atoms with Gasteiger partial charge in [-0.1, -0.05) is 0 Å². The number of likely N-dealkylation sites (N-methyl/N-ethyl adjacent to an activating group) is 1. The van der Waals surface area contributed by atoms with E-state index in [2.05, 4.69) is 20.6 Å². The topological polar surface area (TPSA) is 84.7 Å². The third-order valence-corrected chi connectivity index (χ3v) is 4.66. The zero-order valence-corrected chi connectivity index (χ0v) is 15.1. The third-order valence-electron chi connectivity index (χ3n) is 4.66. The Morgan fingerprint density at radius 2 is 1.93 bits per heavy atom. The summed E-state index contributed by atoms with van der Waals surface area (Å²) in [4.78, 5) is 13.3. The molecule has 1 aliphatic heterocycles. The first kappa shape index (κ1) is 18.0. The van der Waals surface area contributed by atoms with E-state index in [0.717, 1.165) is 0 Å². The Morgan fingerprint density at radius 3 is 2.64 bits per heavy atom. The minimum Gasteiger partial charge on any atom is -0.482 e. The Balaban J connectivity index is 1.78. The first-order valence-electron chi connectivity index (χ1n) is 8.27. The van der Waals surface area contributed by atoms with E-state index in [9.17, 15) is 18.0 Å². The second kappa shape index (κ2) is 6.08. The van der Waals surface area contributed by atoms with Gasteiger partial charge in [0, 0.05) is 23.9 Å². The maximum Gasteiger partial charge on any atom is 0.453 e. The molecule has 0 saturated heterocycles. The average Bonchev–Trinajstić information content (AvgIpc) is 3.07. The number of fused-ring (bicyclic) bond motifs is 2. The second-order valence-electron chi connectivity index (χ2n) is 6.40. The molecule has 0 unspecified atom stereocenters. The summed E-state index contributed by atoms with van der Waals surface area (Å²) in [5.41, 5.74) is 2.29. The van der Waals surface area contributed by atoms with Gasteiger partial charge >= 0.3 is 6.18 Å². The maximum atomic E-state index is 13.2. The van der Waals surface area contributed by atoms with Crippen molar-refractivity contribution >= 4 is 28.7 Å². The summed E-state index contributed by atoms with van der Waals surface area (Å²) < 4.78 is 45.6. The van der Waals surface area contributed by atoms with Crippen molar-refractivity contribution in [3.8, 4) is 5.75 Å². The van der Waals surface area contributed by atoms with Crippen LogP contribution in [0, 0.1) is 13.8 Å². The molecule has 11 heteroatoms. The fourth-order valence-corrected chi connectivity index (χ4v) is 2.91. The second-order valence-corrected chi connectivity index (χ2v) is 6.40. The minimum atomic E-state index is -4.68. The number of carbonyl (C=O) groups excluding carboxylic acids is 1. The van der Waals surface area contributed by atoms with E-state index in [4.69, 9.17) is 4.74 Å². The monoisotopic (exact) mass is 392 g/mol. The molecular formula is C17H15F3N6O2. The molecule has 1 amide bonds. The average molecular weight is 392 g/mol. The first-order chi connectivity index (χ1) is 13.2. The van der Waals surface area contributed by atoms with Gasteiger partial charge < -0.3 is 15.0 Å². The zero-order valence-electron chi connectivity index (χ0n) is 15.1. The summed E-state index contributed by atoms with van der Waals surface area (Å²) in [6, 6.07) is 5.05. The van der Waals surface area contributed by atoms with Gasteiger partial charge in [-0.3, -0.25) is 4.79 Å². The number of amides is 1. The van der Waals surface area contributed by atoms with Gasteiger partial charge in [0.25, 0.3) is 11.7 Å². The molecule has 28 heavy (non-hydrogen) atoms. The van der Waals surface area contributed by atoms with Crippen molar-refractivity contribution < 1.29 is 22.7 Å². The summed E-state index contributed by atoms with van der Waals surface area (Å²) in [5.74, 6) is -0.628. The van der Waals surface area contributed by atoms with Gasteiger partial charge in [0.2, 0.25) is 0 Å². The Bertz CT molecular complexity index is 1110. The summed E-state index contributed by atoms with van der Waals surface area (Å²) in [6.45, 7) is 3.34. The molecule has 2 aromatic heterocycles. The molecule has 0 fully saturated rings. The lowest BCUT2D eigenvalue weighted by atomic mass is 10.1. The molecule has 3 heterocycles. The van der Waals surface area contributed by atoms with E-state index < -0.39 is 12.0 Å². The number of aryl methyl sites for hydroxylation is 1.